The van der Waals surface area contributed by atoms with Gasteiger partial charge in [-0.05, 0) is 51.9 Å². The van der Waals surface area contributed by atoms with Crippen molar-refractivity contribution in [2.24, 2.45) is 23.7 Å². The normalized spacial score (nSPS) is 33.8. The summed E-state index contributed by atoms with van der Waals surface area (Å²) in [4.78, 5) is 45.4. The summed E-state index contributed by atoms with van der Waals surface area (Å²) in [6.07, 6.45) is 6.02. The lowest BCUT2D eigenvalue weighted by Gasteiger charge is -2.42. The van der Waals surface area contributed by atoms with E-state index in [2.05, 4.69) is 13.2 Å². The minimum Gasteiger partial charge on any atom is -0.465 e. The van der Waals surface area contributed by atoms with E-state index in [4.69, 9.17) is 9.47 Å². The molecular formula is C29H46N2O6. The molecule has 8 atom stereocenters. The summed E-state index contributed by atoms with van der Waals surface area (Å²) in [6, 6.07) is -1.65. The van der Waals surface area contributed by atoms with E-state index >= 15 is 0 Å². The Morgan fingerprint density at radius 3 is 2.51 bits per heavy atom. The first-order chi connectivity index (χ1) is 17.5. The van der Waals surface area contributed by atoms with Crippen LogP contribution in [-0.2, 0) is 23.9 Å². The summed E-state index contributed by atoms with van der Waals surface area (Å²) in [5.41, 5.74) is -2.09. The number of aliphatic hydroxyl groups is 1. The minimum absolute atomic E-state index is 0.0547. The number of carbonyl (C=O) groups is 3. The third-order valence-electron chi connectivity index (χ3n) is 9.11. The molecule has 0 aromatic carbocycles. The molecule has 3 aliphatic rings. The molecule has 0 saturated carbocycles. The van der Waals surface area contributed by atoms with Crippen molar-refractivity contribution in [2.75, 3.05) is 19.8 Å². The van der Waals surface area contributed by atoms with Crippen molar-refractivity contribution in [3.63, 3.8) is 0 Å². The predicted molar refractivity (Wildman–Crippen MR) is 141 cm³/mol. The quantitative estimate of drug-likeness (QED) is 0.228. The maximum Gasteiger partial charge on any atom is 0.312 e. The van der Waals surface area contributed by atoms with Gasteiger partial charge in [0.05, 0.1) is 30.8 Å². The largest absolute Gasteiger partial charge is 0.465 e. The van der Waals surface area contributed by atoms with E-state index in [9.17, 15) is 19.5 Å². The number of likely N-dealkylation sites (tertiary alicyclic amines) is 1. The standard InChI is InChI=1S/C29H46N2O6/c1-9-12-13-15-36-27(35)23-22-25(33)31(21(17-32)19(6)11-3)24(26(34)30(14-10-2)18(4)5)29(22)16-20(7)28(23,8)37-29/h9-10,18-24,32H,1-2,11-17H2,3-8H3/t19-,20?,21-,22-,23-,24?,28+,29?/m0/s1. The van der Waals surface area contributed by atoms with Gasteiger partial charge in [0.1, 0.15) is 17.6 Å². The SMILES string of the molecule is C=CCCCOC(=O)[C@@H]1[C@H]2C(=O)N([C@@H](CO)[C@@H](C)CC)C(C(=O)N(CC=C)C(C)C)C23CC(C)[C@@]1(C)O3. The lowest BCUT2D eigenvalue weighted by molar-refractivity contribution is -0.164. The number of unbranched alkanes of at least 4 members (excludes halogenated alkanes) is 1. The highest BCUT2D eigenvalue weighted by molar-refractivity contribution is 5.99. The van der Waals surface area contributed by atoms with Gasteiger partial charge in [-0.1, -0.05) is 39.3 Å². The molecule has 8 heteroatoms. The molecule has 0 aromatic heterocycles. The van der Waals surface area contributed by atoms with Crippen LogP contribution in [0, 0.1) is 23.7 Å². The predicted octanol–water partition coefficient (Wildman–Crippen LogP) is 3.34. The molecule has 0 aliphatic carbocycles. The Kier molecular flexibility index (Phi) is 8.95. The summed E-state index contributed by atoms with van der Waals surface area (Å²) in [7, 11) is 0. The zero-order valence-corrected chi connectivity index (χ0v) is 23.4. The Morgan fingerprint density at radius 1 is 1.30 bits per heavy atom. The van der Waals surface area contributed by atoms with Gasteiger partial charge in [0.25, 0.3) is 0 Å². The van der Waals surface area contributed by atoms with E-state index in [1.807, 2.05) is 41.5 Å². The van der Waals surface area contributed by atoms with Crippen LogP contribution in [0.3, 0.4) is 0 Å². The number of carbonyl (C=O) groups excluding carboxylic acids is 3. The third-order valence-corrected chi connectivity index (χ3v) is 9.11. The highest BCUT2D eigenvalue weighted by Gasteiger charge is 2.81. The van der Waals surface area contributed by atoms with Crippen LogP contribution in [0.15, 0.2) is 25.3 Å². The van der Waals surface area contributed by atoms with Gasteiger partial charge in [0, 0.05) is 12.6 Å². The monoisotopic (exact) mass is 518 g/mol. The van der Waals surface area contributed by atoms with Gasteiger partial charge in [0.2, 0.25) is 11.8 Å². The number of hydrogen-bond acceptors (Lipinski definition) is 6. The maximum atomic E-state index is 14.3. The summed E-state index contributed by atoms with van der Waals surface area (Å²) in [5.74, 6) is -2.78. The number of fused-ring (bicyclic) bond motifs is 1. The molecule has 2 amide bonds. The Morgan fingerprint density at radius 2 is 1.97 bits per heavy atom. The van der Waals surface area contributed by atoms with Crippen LogP contribution < -0.4 is 0 Å². The molecule has 8 nitrogen and oxygen atoms in total. The molecule has 3 aliphatic heterocycles. The van der Waals surface area contributed by atoms with Crippen LogP contribution in [0.1, 0.15) is 67.2 Å². The molecule has 1 N–H and O–H groups in total. The minimum atomic E-state index is -1.16. The zero-order chi connectivity index (χ0) is 27.7. The van der Waals surface area contributed by atoms with Gasteiger partial charge in [-0.2, -0.15) is 0 Å². The summed E-state index contributed by atoms with van der Waals surface area (Å²) >= 11 is 0. The fourth-order valence-electron chi connectivity index (χ4n) is 6.83. The molecular weight excluding hydrogens is 472 g/mol. The van der Waals surface area contributed by atoms with Crippen LogP contribution in [-0.4, -0.2) is 81.8 Å². The van der Waals surface area contributed by atoms with Crippen LogP contribution in [0.2, 0.25) is 0 Å². The van der Waals surface area contributed by atoms with Gasteiger partial charge in [-0.3, -0.25) is 14.4 Å². The Hall–Kier alpha value is -2.19. The molecule has 0 radical (unpaired) electrons. The van der Waals surface area contributed by atoms with E-state index in [1.54, 1.807) is 22.0 Å². The fraction of sp³-hybridized carbons (Fsp3) is 0.759. The van der Waals surface area contributed by atoms with Gasteiger partial charge < -0.3 is 24.4 Å². The molecule has 3 unspecified atom stereocenters. The number of hydrogen-bond donors (Lipinski definition) is 1. The Labute approximate surface area is 222 Å². The van der Waals surface area contributed by atoms with Crippen molar-refractivity contribution in [1.82, 2.24) is 9.80 Å². The van der Waals surface area contributed by atoms with Crippen molar-refractivity contribution in [1.29, 1.82) is 0 Å². The average molecular weight is 519 g/mol. The topological polar surface area (TPSA) is 96.4 Å². The number of amides is 2. The van der Waals surface area contributed by atoms with E-state index in [-0.39, 0.29) is 42.9 Å². The average Bonchev–Trinajstić information content (AvgIpc) is 3.37. The molecule has 3 saturated heterocycles. The molecule has 0 aromatic rings. The fourth-order valence-corrected chi connectivity index (χ4v) is 6.83. The smallest absolute Gasteiger partial charge is 0.312 e. The van der Waals surface area contributed by atoms with Crippen molar-refractivity contribution in [3.05, 3.63) is 25.3 Å². The van der Waals surface area contributed by atoms with Gasteiger partial charge in [0.15, 0.2) is 0 Å². The first kappa shape index (κ1) is 29.4. The summed E-state index contributed by atoms with van der Waals surface area (Å²) in [5, 5.41) is 10.5. The second kappa shape index (κ2) is 11.3. The van der Waals surface area contributed by atoms with E-state index < -0.39 is 41.1 Å². The van der Waals surface area contributed by atoms with Gasteiger partial charge >= 0.3 is 5.97 Å². The first-order valence-electron chi connectivity index (χ1n) is 13.8. The second-order valence-corrected chi connectivity index (χ2v) is 11.6. The van der Waals surface area contributed by atoms with Crippen LogP contribution in [0.4, 0.5) is 0 Å². The molecule has 208 valence electrons. The number of ether oxygens (including phenoxy) is 2. The highest BCUT2D eigenvalue weighted by atomic mass is 16.6. The van der Waals surface area contributed by atoms with E-state index in [0.717, 1.165) is 12.8 Å². The van der Waals surface area contributed by atoms with Crippen molar-refractivity contribution in [2.45, 2.75) is 96.6 Å². The van der Waals surface area contributed by atoms with E-state index in [0.29, 0.717) is 19.4 Å². The third kappa shape index (κ3) is 4.65. The molecule has 3 rings (SSSR count). The molecule has 37 heavy (non-hydrogen) atoms. The first-order valence-corrected chi connectivity index (χ1v) is 13.8. The Balaban J connectivity index is 2.13. The van der Waals surface area contributed by atoms with Crippen LogP contribution >= 0.6 is 0 Å². The second-order valence-electron chi connectivity index (χ2n) is 11.6. The van der Waals surface area contributed by atoms with Crippen molar-refractivity contribution < 1.29 is 29.0 Å². The number of esters is 1. The van der Waals surface area contributed by atoms with Crippen LogP contribution in [0.5, 0.6) is 0 Å². The highest BCUT2D eigenvalue weighted by Crippen LogP contribution is 2.66. The molecule has 2 bridgehead atoms. The summed E-state index contributed by atoms with van der Waals surface area (Å²) in [6.45, 7) is 19.5. The summed E-state index contributed by atoms with van der Waals surface area (Å²) < 4.78 is 12.4. The van der Waals surface area contributed by atoms with E-state index in [1.165, 1.54) is 0 Å². The number of allylic oxidation sites excluding steroid dienone is 1. The molecule has 3 fully saturated rings. The van der Waals surface area contributed by atoms with Gasteiger partial charge in [-0.15, -0.1) is 13.2 Å². The van der Waals surface area contributed by atoms with Crippen molar-refractivity contribution in [3.8, 4) is 0 Å². The van der Waals surface area contributed by atoms with Crippen LogP contribution in [0.25, 0.3) is 0 Å². The number of aliphatic hydroxyl groups excluding tert-OH is 1. The number of nitrogens with zero attached hydrogens (tertiary/aromatic N) is 2. The lowest BCUT2D eigenvalue weighted by Crippen LogP contribution is -2.60. The zero-order valence-electron chi connectivity index (χ0n) is 23.4. The van der Waals surface area contributed by atoms with Crippen molar-refractivity contribution >= 4 is 17.8 Å². The Bertz CT molecular complexity index is 905. The lowest BCUT2D eigenvalue weighted by atomic mass is 9.62. The van der Waals surface area contributed by atoms with Gasteiger partial charge in [-0.25, -0.2) is 0 Å². The number of rotatable bonds is 13. The molecule has 3 heterocycles. The maximum absolute atomic E-state index is 14.3. The molecule has 1 spiro atoms.